The van der Waals surface area contributed by atoms with Gasteiger partial charge < -0.3 is 15.1 Å². The number of hydrogen-bond donors (Lipinski definition) is 3. The molecule has 11 heteroatoms. The highest BCUT2D eigenvalue weighted by Crippen LogP contribution is 2.48. The average molecular weight is 529 g/mol. The Bertz CT molecular complexity index is 761. The summed E-state index contributed by atoms with van der Waals surface area (Å²) in [7, 11) is -6.52. The fourth-order valence-corrected chi connectivity index (χ4v) is 5.93. The smallest absolute Gasteiger partial charge is 0.312 e. The lowest BCUT2D eigenvalue weighted by atomic mass is 10.1. The van der Waals surface area contributed by atoms with Crippen molar-refractivity contribution >= 4 is 16.2 Å². The average Bonchev–Trinajstić information content (AvgIpc) is 2.84. The maximum absolute atomic E-state index is 12.5. The van der Waals surface area contributed by atoms with Crippen molar-refractivity contribution in [2.45, 2.75) is 53.9 Å². The van der Waals surface area contributed by atoms with Crippen LogP contribution in [0.4, 0.5) is 0 Å². The Kier molecular flexibility index (Phi) is 13.7. The number of benzene rings is 2. The van der Waals surface area contributed by atoms with Gasteiger partial charge in [0, 0.05) is 11.1 Å². The molecule has 196 valence electrons. The standard InChI is InChI=1S/C24H39N3O6P2/c1-5-30-34(28,31-6-2)26-19-23-13-9-21(10-14-23)17-25-18-22-11-15-24(16-12-22)20-27-35(29,32-7-3)33-8-4/h9-16,25H,5-8,17-20H2,1-4H3,(H,26,28)(H,27,29)/p+1. The highest BCUT2D eigenvalue weighted by Gasteiger charge is 2.29. The van der Waals surface area contributed by atoms with Gasteiger partial charge in [0.05, 0.1) is 39.5 Å². The van der Waals surface area contributed by atoms with Crippen molar-refractivity contribution in [1.29, 1.82) is 0 Å². The Labute approximate surface area is 210 Å². The van der Waals surface area contributed by atoms with E-state index in [1.54, 1.807) is 27.7 Å². The molecule has 0 fully saturated rings. The lowest BCUT2D eigenvalue weighted by molar-refractivity contribution is -0.686. The summed E-state index contributed by atoms with van der Waals surface area (Å²) in [5.74, 6) is 0. The van der Waals surface area contributed by atoms with Gasteiger partial charge in [0.25, 0.3) is 0 Å². The number of rotatable bonds is 18. The molecule has 0 aromatic heterocycles. The van der Waals surface area contributed by atoms with E-state index in [0.717, 1.165) is 24.2 Å². The van der Waals surface area contributed by atoms with Crippen LogP contribution in [0.2, 0.25) is 0 Å². The number of nitrogens with two attached hydrogens (primary N) is 1. The monoisotopic (exact) mass is 528 g/mol. The minimum Gasteiger partial charge on any atom is -0.616 e. The van der Waals surface area contributed by atoms with Crippen LogP contribution < -0.4 is 25.3 Å². The number of nitrogens with one attached hydrogen (secondary N) is 2. The van der Waals surface area contributed by atoms with E-state index in [9.17, 15) is 9.79 Å². The molecule has 9 nitrogen and oxygen atoms in total. The van der Waals surface area contributed by atoms with Crippen LogP contribution in [0.15, 0.2) is 48.5 Å². The zero-order valence-corrected chi connectivity index (χ0v) is 23.0. The van der Waals surface area contributed by atoms with Gasteiger partial charge in [0.1, 0.15) is 13.1 Å². The SMILES string of the molecule is CCO[P+]([O-])(NCc1ccc(C[NH2+]Cc2ccc(CN[P+]([O-])(OCC)OCC)cc2)cc1)OCC. The van der Waals surface area contributed by atoms with Crippen molar-refractivity contribution < 1.29 is 33.2 Å². The molecular weight excluding hydrogens is 488 g/mol. The Balaban J connectivity index is 1.76. The van der Waals surface area contributed by atoms with Crippen LogP contribution in [0.5, 0.6) is 0 Å². The van der Waals surface area contributed by atoms with Crippen molar-refractivity contribution in [2.75, 3.05) is 26.4 Å². The molecule has 2 rings (SSSR count). The highest BCUT2D eigenvalue weighted by molar-refractivity contribution is 7.57. The van der Waals surface area contributed by atoms with Gasteiger partial charge in [-0.25, -0.2) is 0 Å². The second-order valence-corrected chi connectivity index (χ2v) is 11.3. The van der Waals surface area contributed by atoms with E-state index in [4.69, 9.17) is 18.1 Å². The summed E-state index contributed by atoms with van der Waals surface area (Å²) in [6, 6.07) is 16.4. The Morgan fingerprint density at radius 2 is 0.857 bits per heavy atom. The molecule has 0 spiro atoms. The summed E-state index contributed by atoms with van der Waals surface area (Å²) in [4.78, 5) is 25.0. The zero-order valence-electron chi connectivity index (χ0n) is 21.2. The molecule has 2 aromatic carbocycles. The fourth-order valence-electron chi connectivity index (χ4n) is 3.31. The molecule has 0 saturated heterocycles. The van der Waals surface area contributed by atoms with Gasteiger partial charge in [-0.2, -0.15) is 18.1 Å². The normalized spacial score (nSPS) is 12.3. The molecule has 0 bridgehead atoms. The zero-order chi connectivity index (χ0) is 25.6. The molecule has 0 radical (unpaired) electrons. The van der Waals surface area contributed by atoms with Gasteiger partial charge in [-0.05, 0) is 38.8 Å². The Hall–Kier alpha value is -1.06. The highest BCUT2D eigenvalue weighted by atomic mass is 31.2. The van der Waals surface area contributed by atoms with Crippen LogP contribution in [-0.2, 0) is 44.3 Å². The van der Waals surface area contributed by atoms with Crippen LogP contribution in [-0.4, -0.2) is 26.4 Å². The first-order valence-electron chi connectivity index (χ1n) is 12.1. The summed E-state index contributed by atoms with van der Waals surface area (Å²) < 4.78 is 21.0. The number of quaternary nitrogens is 1. The minimum absolute atomic E-state index is 0.322. The van der Waals surface area contributed by atoms with Crippen molar-refractivity contribution in [2.24, 2.45) is 0 Å². The molecule has 0 unspecified atom stereocenters. The lowest BCUT2D eigenvalue weighted by Crippen LogP contribution is -2.80. The first kappa shape index (κ1) is 30.2. The van der Waals surface area contributed by atoms with Crippen LogP contribution in [0.1, 0.15) is 49.9 Å². The van der Waals surface area contributed by atoms with E-state index >= 15 is 0 Å². The maximum Gasteiger partial charge on any atom is 0.312 e. The molecule has 35 heavy (non-hydrogen) atoms. The van der Waals surface area contributed by atoms with Gasteiger partial charge >= 0.3 is 16.2 Å². The molecule has 4 N–H and O–H groups in total. The molecule has 0 aliphatic rings. The second-order valence-electron chi connectivity index (χ2n) is 7.67. The van der Waals surface area contributed by atoms with Crippen molar-refractivity contribution in [3.05, 3.63) is 70.8 Å². The molecule has 0 heterocycles. The van der Waals surface area contributed by atoms with Crippen LogP contribution in [0, 0.1) is 0 Å². The van der Waals surface area contributed by atoms with E-state index in [1.165, 1.54) is 11.1 Å². The van der Waals surface area contributed by atoms with E-state index in [1.807, 2.05) is 24.3 Å². The lowest BCUT2D eigenvalue weighted by Gasteiger charge is -2.26. The topological polar surface area (TPSA) is 124 Å². The van der Waals surface area contributed by atoms with Crippen LogP contribution in [0.25, 0.3) is 0 Å². The second kappa shape index (κ2) is 15.9. The van der Waals surface area contributed by atoms with Crippen molar-refractivity contribution in [3.63, 3.8) is 0 Å². The predicted octanol–water partition coefficient (Wildman–Crippen LogP) is 2.35. The third-order valence-corrected chi connectivity index (χ3v) is 8.44. The molecule has 0 amide bonds. The predicted molar refractivity (Wildman–Crippen MR) is 136 cm³/mol. The molecule has 0 atom stereocenters. The van der Waals surface area contributed by atoms with Crippen molar-refractivity contribution in [1.82, 2.24) is 10.2 Å². The Morgan fingerprint density at radius 1 is 0.571 bits per heavy atom. The third kappa shape index (κ3) is 11.3. The fraction of sp³-hybridized carbons (Fsp3) is 0.500. The van der Waals surface area contributed by atoms with Gasteiger partial charge in [-0.3, -0.25) is 0 Å². The van der Waals surface area contributed by atoms with Crippen LogP contribution in [0.3, 0.4) is 0 Å². The molecule has 0 aliphatic carbocycles. The van der Waals surface area contributed by atoms with E-state index in [2.05, 4.69) is 39.8 Å². The van der Waals surface area contributed by atoms with Gasteiger partial charge in [-0.15, -0.1) is 10.2 Å². The van der Waals surface area contributed by atoms with E-state index in [-0.39, 0.29) is 0 Å². The molecule has 2 aromatic rings. The Morgan fingerprint density at radius 3 is 1.14 bits per heavy atom. The van der Waals surface area contributed by atoms with Crippen molar-refractivity contribution in [3.8, 4) is 0 Å². The largest absolute Gasteiger partial charge is 0.616 e. The van der Waals surface area contributed by atoms with Gasteiger partial charge in [-0.1, -0.05) is 48.5 Å². The third-order valence-electron chi connectivity index (χ3n) is 4.96. The summed E-state index contributed by atoms with van der Waals surface area (Å²) >= 11 is 0. The molecule has 0 saturated carbocycles. The molecule has 0 aliphatic heterocycles. The first-order chi connectivity index (χ1) is 16.8. The maximum atomic E-state index is 12.5. The summed E-state index contributed by atoms with van der Waals surface area (Å²) in [5.41, 5.74) is 4.43. The minimum atomic E-state index is -3.26. The summed E-state index contributed by atoms with van der Waals surface area (Å²) in [6.45, 7) is 11.0. The summed E-state index contributed by atoms with van der Waals surface area (Å²) in [5, 5.41) is 8.04. The quantitative estimate of drug-likeness (QED) is 0.252. The number of hydrogen-bond acceptors (Lipinski definition) is 8. The van der Waals surface area contributed by atoms with Gasteiger partial charge in [0.2, 0.25) is 0 Å². The first-order valence-corrected chi connectivity index (χ1v) is 15.2. The van der Waals surface area contributed by atoms with E-state index in [0.29, 0.717) is 39.5 Å². The van der Waals surface area contributed by atoms with Crippen LogP contribution >= 0.6 is 16.2 Å². The van der Waals surface area contributed by atoms with E-state index < -0.39 is 16.2 Å². The molecular formula is C24H40N3O6P2+. The van der Waals surface area contributed by atoms with Gasteiger partial charge in [0.15, 0.2) is 0 Å². The summed E-state index contributed by atoms with van der Waals surface area (Å²) in [6.07, 6.45) is 0.